The van der Waals surface area contributed by atoms with Crippen LogP contribution >= 0.6 is 0 Å². The lowest BCUT2D eigenvalue weighted by Gasteiger charge is -2.12. The number of fused-ring (bicyclic) bond motifs is 1. The number of nitrogens with zero attached hydrogens (tertiary/aromatic N) is 2. The van der Waals surface area contributed by atoms with Crippen molar-refractivity contribution < 1.29 is 38.1 Å². The fourth-order valence-corrected chi connectivity index (χ4v) is 3.91. The van der Waals surface area contributed by atoms with Crippen LogP contribution in [0.1, 0.15) is 29.7 Å². The van der Waals surface area contributed by atoms with Gasteiger partial charge in [-0.3, -0.25) is 4.79 Å². The molecule has 4 rings (SSSR count). The number of nitrogens with one attached hydrogen (secondary N) is 1. The molecule has 0 bridgehead atoms. The number of hydrogen-bond acceptors (Lipinski definition) is 2. The van der Waals surface area contributed by atoms with E-state index >= 15 is 0 Å². The van der Waals surface area contributed by atoms with Gasteiger partial charge in [-0.05, 0) is 31.4 Å². The van der Waals surface area contributed by atoms with Crippen molar-refractivity contribution in [2.75, 3.05) is 13.2 Å². The molecule has 1 N–H and O–H groups in total. The number of halogens is 1. The van der Waals surface area contributed by atoms with E-state index in [2.05, 4.69) is 53.2 Å². The first-order valence-electron chi connectivity index (χ1n) is 10.2. The van der Waals surface area contributed by atoms with E-state index in [1.807, 2.05) is 36.1 Å². The van der Waals surface area contributed by atoms with Crippen LogP contribution in [-0.4, -0.2) is 29.7 Å². The molecule has 1 unspecified atom stereocenters. The molecule has 1 atom stereocenters. The molecule has 158 valence electrons. The van der Waals surface area contributed by atoms with Gasteiger partial charge in [0.1, 0.15) is 13.6 Å². The summed E-state index contributed by atoms with van der Waals surface area (Å²) in [6.07, 6.45) is 10.6. The lowest BCUT2D eigenvalue weighted by atomic mass is 10.1. The molecule has 1 aromatic carbocycles. The number of ether oxygens (including phenoxy) is 1. The molecule has 0 saturated carbocycles. The van der Waals surface area contributed by atoms with Crippen molar-refractivity contribution in [1.29, 1.82) is 0 Å². The maximum atomic E-state index is 12.6. The van der Waals surface area contributed by atoms with Crippen molar-refractivity contribution >= 4 is 29.0 Å². The highest BCUT2D eigenvalue weighted by molar-refractivity contribution is 5.94. The molecule has 1 aliphatic heterocycles. The van der Waals surface area contributed by atoms with Crippen molar-refractivity contribution in [3.8, 4) is 0 Å². The molecular weight excluding hydrogens is 489 g/mol. The van der Waals surface area contributed by atoms with E-state index in [-0.39, 0.29) is 36.0 Å². The molecule has 1 amide bonds. The zero-order chi connectivity index (χ0) is 20.2. The van der Waals surface area contributed by atoms with Crippen LogP contribution < -0.4 is 33.9 Å². The number of hydrogen-bond donors (Lipinski definition) is 1. The number of aryl methyl sites for hydroxylation is 1. The third-order valence-corrected chi connectivity index (χ3v) is 5.58. The van der Waals surface area contributed by atoms with Gasteiger partial charge in [-0.2, -0.15) is 0 Å². The van der Waals surface area contributed by atoms with E-state index in [0.717, 1.165) is 47.2 Å². The predicted molar refractivity (Wildman–Crippen MR) is 115 cm³/mol. The Balaban J connectivity index is 0.00000256. The van der Waals surface area contributed by atoms with Crippen molar-refractivity contribution in [1.82, 2.24) is 9.88 Å². The number of rotatable bonds is 6. The van der Waals surface area contributed by atoms with E-state index < -0.39 is 0 Å². The van der Waals surface area contributed by atoms with Crippen LogP contribution in [0.4, 0.5) is 0 Å². The summed E-state index contributed by atoms with van der Waals surface area (Å²) in [6, 6.07) is 12.4. The molecule has 6 heteroatoms. The standard InChI is InChI=1S/C24H27N3O2.HI/c1-18-21(10-9-19-11-13-26(2)14-12-19)22-7-3-4-8-23(22)27(18)17-24(28)25-16-20-6-5-15-29-20;/h3-4,7-14,20H,5-6,15-17H2,1-2H3;1H. The van der Waals surface area contributed by atoms with Crippen molar-refractivity contribution in [2.24, 2.45) is 7.05 Å². The highest BCUT2D eigenvalue weighted by Crippen LogP contribution is 2.27. The van der Waals surface area contributed by atoms with Gasteiger partial charge in [0, 0.05) is 47.4 Å². The fourth-order valence-electron chi connectivity index (χ4n) is 3.91. The Morgan fingerprint density at radius 2 is 2.00 bits per heavy atom. The Labute approximate surface area is 194 Å². The number of aromatic nitrogens is 2. The molecule has 0 aliphatic carbocycles. The summed E-state index contributed by atoms with van der Waals surface area (Å²) in [6.45, 7) is 3.79. The molecule has 3 aromatic rings. The second kappa shape index (κ2) is 10.2. The number of carbonyl (C=O) groups excluding carboxylic acids is 1. The Morgan fingerprint density at radius 3 is 2.73 bits per heavy atom. The maximum absolute atomic E-state index is 12.6. The number of pyridine rings is 1. The second-order valence-corrected chi connectivity index (χ2v) is 7.67. The zero-order valence-electron chi connectivity index (χ0n) is 17.5. The molecule has 2 aromatic heterocycles. The van der Waals surface area contributed by atoms with E-state index in [1.165, 1.54) is 0 Å². The van der Waals surface area contributed by atoms with E-state index in [9.17, 15) is 4.79 Å². The summed E-state index contributed by atoms with van der Waals surface area (Å²) in [5, 5.41) is 4.19. The van der Waals surface area contributed by atoms with Gasteiger partial charge >= 0.3 is 0 Å². The first-order chi connectivity index (χ1) is 14.1. The van der Waals surface area contributed by atoms with Gasteiger partial charge in [0.2, 0.25) is 5.91 Å². The normalized spacial score (nSPS) is 16.1. The molecule has 3 heterocycles. The van der Waals surface area contributed by atoms with Gasteiger partial charge in [-0.25, -0.2) is 4.57 Å². The topological polar surface area (TPSA) is 47.1 Å². The first kappa shape index (κ1) is 22.5. The summed E-state index contributed by atoms with van der Waals surface area (Å²) in [5.41, 5.74) is 4.47. The van der Waals surface area contributed by atoms with Crippen LogP contribution in [0.15, 0.2) is 48.8 Å². The van der Waals surface area contributed by atoms with Crippen LogP contribution in [0.2, 0.25) is 0 Å². The van der Waals surface area contributed by atoms with Gasteiger partial charge in [-0.15, -0.1) is 0 Å². The minimum atomic E-state index is 0. The second-order valence-electron chi connectivity index (χ2n) is 7.67. The quantitative estimate of drug-likeness (QED) is 0.377. The fraction of sp³-hybridized carbons (Fsp3) is 0.333. The lowest BCUT2D eigenvalue weighted by molar-refractivity contribution is -0.671. The van der Waals surface area contributed by atoms with Gasteiger partial charge < -0.3 is 38.6 Å². The number of amides is 1. The molecule has 1 fully saturated rings. The van der Waals surface area contributed by atoms with Crippen LogP contribution in [0, 0.1) is 6.92 Å². The van der Waals surface area contributed by atoms with Crippen LogP contribution in [-0.2, 0) is 23.1 Å². The molecule has 1 aliphatic rings. The minimum absolute atomic E-state index is 0. The Kier molecular flexibility index (Phi) is 7.66. The largest absolute Gasteiger partial charge is 1.00 e. The molecule has 1 saturated heterocycles. The molecule has 0 spiro atoms. The van der Waals surface area contributed by atoms with E-state index in [1.54, 1.807) is 0 Å². The zero-order valence-corrected chi connectivity index (χ0v) is 19.6. The third-order valence-electron chi connectivity index (χ3n) is 5.58. The highest BCUT2D eigenvalue weighted by Gasteiger charge is 2.18. The number of benzene rings is 1. The number of carbonyl (C=O) groups is 1. The van der Waals surface area contributed by atoms with Crippen LogP contribution in [0.25, 0.3) is 23.1 Å². The monoisotopic (exact) mass is 517 g/mol. The summed E-state index contributed by atoms with van der Waals surface area (Å²) >= 11 is 0. The summed E-state index contributed by atoms with van der Waals surface area (Å²) in [5.74, 6) is 0.0236. The van der Waals surface area contributed by atoms with Crippen molar-refractivity contribution in [3.63, 3.8) is 0 Å². The summed E-state index contributed by atoms with van der Waals surface area (Å²) < 4.78 is 9.72. The lowest BCUT2D eigenvalue weighted by Crippen LogP contribution is -3.00. The maximum Gasteiger partial charge on any atom is 0.240 e. The Morgan fingerprint density at radius 1 is 1.23 bits per heavy atom. The molecule has 5 nitrogen and oxygen atoms in total. The van der Waals surface area contributed by atoms with Gasteiger partial charge in [0.05, 0.1) is 6.10 Å². The van der Waals surface area contributed by atoms with Crippen molar-refractivity contribution in [3.05, 3.63) is 65.6 Å². The van der Waals surface area contributed by atoms with Gasteiger partial charge in [0.25, 0.3) is 0 Å². The number of para-hydroxylation sites is 1. The average molecular weight is 517 g/mol. The smallest absolute Gasteiger partial charge is 0.240 e. The van der Waals surface area contributed by atoms with Crippen LogP contribution in [0.5, 0.6) is 0 Å². The molecular formula is C24H28IN3O2. The van der Waals surface area contributed by atoms with Crippen LogP contribution in [0.3, 0.4) is 0 Å². The average Bonchev–Trinajstić information content (AvgIpc) is 3.34. The Bertz CT molecular complexity index is 1030. The van der Waals surface area contributed by atoms with Gasteiger partial charge in [0.15, 0.2) is 12.4 Å². The third kappa shape index (κ3) is 5.10. The minimum Gasteiger partial charge on any atom is -1.00 e. The SMILES string of the molecule is Cc1c(/C=C/c2cc[n+](C)cc2)c2ccccc2n1CC(=O)NCC1CCCO1.[I-]. The van der Waals surface area contributed by atoms with Gasteiger partial charge in [-0.1, -0.05) is 30.4 Å². The van der Waals surface area contributed by atoms with Crippen molar-refractivity contribution in [2.45, 2.75) is 32.4 Å². The predicted octanol–water partition coefficient (Wildman–Crippen LogP) is 0.244. The molecule has 0 radical (unpaired) electrons. The van der Waals surface area contributed by atoms with E-state index in [4.69, 9.17) is 4.74 Å². The van der Waals surface area contributed by atoms with E-state index in [0.29, 0.717) is 13.1 Å². The molecule has 30 heavy (non-hydrogen) atoms. The summed E-state index contributed by atoms with van der Waals surface area (Å²) in [7, 11) is 2.01. The first-order valence-corrected chi connectivity index (χ1v) is 10.2. The Hall–Kier alpha value is -2.19. The highest BCUT2D eigenvalue weighted by atomic mass is 127. The summed E-state index contributed by atoms with van der Waals surface area (Å²) in [4.78, 5) is 12.6.